The highest BCUT2D eigenvalue weighted by Gasteiger charge is 2.41. The fourth-order valence-corrected chi connectivity index (χ4v) is 5.29. The topological polar surface area (TPSA) is 66.4 Å². The van der Waals surface area contributed by atoms with Crippen molar-refractivity contribution in [2.45, 2.75) is 64.1 Å². The normalized spacial score (nSPS) is 24.2. The maximum atomic E-state index is 12.8. The number of para-hydroxylation sites is 1. The first-order valence-corrected chi connectivity index (χ1v) is 11.1. The molecule has 0 radical (unpaired) electrons. The minimum absolute atomic E-state index is 0.00568. The molecule has 0 saturated carbocycles. The first-order chi connectivity index (χ1) is 14.2. The van der Waals surface area contributed by atoms with Gasteiger partial charge in [0.1, 0.15) is 0 Å². The number of carbonyl (C=O) groups is 2. The average molecular weight is 411 g/mol. The Labute approximate surface area is 179 Å². The summed E-state index contributed by atoms with van der Waals surface area (Å²) in [5, 5.41) is 7.26. The monoisotopic (exact) mass is 410 g/mol. The van der Waals surface area contributed by atoms with E-state index >= 15 is 0 Å². The summed E-state index contributed by atoms with van der Waals surface area (Å²) < 4.78 is 2.01. The van der Waals surface area contributed by atoms with Gasteiger partial charge in [-0.15, -0.1) is 0 Å². The number of nitrogens with zero attached hydrogens (tertiary/aromatic N) is 2. The van der Waals surface area contributed by atoms with Crippen molar-refractivity contribution in [1.82, 2.24) is 20.1 Å². The maximum Gasteiger partial charge on any atom is 0.253 e. The van der Waals surface area contributed by atoms with Crippen molar-refractivity contribution in [3.05, 3.63) is 36.0 Å². The number of carbonyl (C=O) groups excluding carboxylic acids is 2. The number of amides is 2. The lowest BCUT2D eigenvalue weighted by Crippen LogP contribution is -2.52. The van der Waals surface area contributed by atoms with E-state index in [1.54, 1.807) is 0 Å². The molecule has 0 spiro atoms. The maximum absolute atomic E-state index is 12.8. The summed E-state index contributed by atoms with van der Waals surface area (Å²) in [6.45, 7) is 7.25. The van der Waals surface area contributed by atoms with Gasteiger partial charge >= 0.3 is 0 Å². The van der Waals surface area contributed by atoms with Gasteiger partial charge in [0.05, 0.1) is 12.1 Å². The first kappa shape index (κ1) is 20.9. The summed E-state index contributed by atoms with van der Waals surface area (Å²) in [4.78, 5) is 27.6. The number of hydrogen-bond donors (Lipinski definition) is 2. The molecule has 2 fully saturated rings. The van der Waals surface area contributed by atoms with E-state index < -0.39 is 0 Å². The second-order valence-electron chi connectivity index (χ2n) is 10.1. The lowest BCUT2D eigenvalue weighted by Gasteiger charge is -2.39. The van der Waals surface area contributed by atoms with E-state index in [0.29, 0.717) is 31.1 Å². The minimum atomic E-state index is -0.194. The molecule has 2 aliphatic rings. The molecule has 0 aliphatic carbocycles. The third-order valence-corrected chi connectivity index (χ3v) is 6.52. The van der Waals surface area contributed by atoms with Crippen molar-refractivity contribution in [3.63, 3.8) is 0 Å². The van der Waals surface area contributed by atoms with Crippen LogP contribution in [0.5, 0.6) is 0 Å². The number of aryl methyl sites for hydroxylation is 1. The second kappa shape index (κ2) is 8.06. The van der Waals surface area contributed by atoms with Crippen LogP contribution in [-0.4, -0.2) is 52.0 Å². The summed E-state index contributed by atoms with van der Waals surface area (Å²) in [7, 11) is 1.97. The van der Waals surface area contributed by atoms with Gasteiger partial charge in [-0.25, -0.2) is 0 Å². The van der Waals surface area contributed by atoms with Crippen molar-refractivity contribution < 1.29 is 9.59 Å². The van der Waals surface area contributed by atoms with Crippen LogP contribution in [0.3, 0.4) is 0 Å². The molecule has 2 aliphatic heterocycles. The summed E-state index contributed by atoms with van der Waals surface area (Å²) in [6, 6.07) is 8.92. The zero-order valence-corrected chi connectivity index (χ0v) is 18.6. The molecule has 1 aromatic carbocycles. The SMILES string of the molecule is Cn1cc(C(=O)NCC2CC3CCC(C2)N3CC(=O)NC(C)(C)C)c2ccccc21. The summed E-state index contributed by atoms with van der Waals surface area (Å²) >= 11 is 0. The Morgan fingerprint density at radius 1 is 1.10 bits per heavy atom. The van der Waals surface area contributed by atoms with Gasteiger partial charge in [0.25, 0.3) is 5.91 Å². The third-order valence-electron chi connectivity index (χ3n) is 6.52. The van der Waals surface area contributed by atoms with E-state index in [2.05, 4.69) is 15.5 Å². The number of aromatic nitrogens is 1. The van der Waals surface area contributed by atoms with E-state index in [9.17, 15) is 9.59 Å². The minimum Gasteiger partial charge on any atom is -0.352 e. The molecule has 3 heterocycles. The van der Waals surface area contributed by atoms with Crippen LogP contribution in [0.1, 0.15) is 56.8 Å². The molecule has 2 aromatic rings. The zero-order valence-electron chi connectivity index (χ0n) is 18.6. The Hall–Kier alpha value is -2.34. The number of rotatable bonds is 5. The molecular weight excluding hydrogens is 376 g/mol. The summed E-state index contributed by atoms with van der Waals surface area (Å²) in [6.07, 6.45) is 6.33. The smallest absolute Gasteiger partial charge is 0.253 e. The Balaban J connectivity index is 1.33. The lowest BCUT2D eigenvalue weighted by molar-refractivity contribution is -0.125. The van der Waals surface area contributed by atoms with Gasteiger partial charge in [0.2, 0.25) is 5.91 Å². The molecule has 2 amide bonds. The van der Waals surface area contributed by atoms with Crippen LogP contribution < -0.4 is 10.6 Å². The highest BCUT2D eigenvalue weighted by molar-refractivity contribution is 6.06. The fourth-order valence-electron chi connectivity index (χ4n) is 5.29. The van der Waals surface area contributed by atoms with Crippen molar-refractivity contribution in [3.8, 4) is 0 Å². The number of benzene rings is 1. The first-order valence-electron chi connectivity index (χ1n) is 11.1. The molecular formula is C24H34N4O2. The number of hydrogen-bond acceptors (Lipinski definition) is 3. The van der Waals surface area contributed by atoms with Crippen molar-refractivity contribution in [2.75, 3.05) is 13.1 Å². The van der Waals surface area contributed by atoms with Gasteiger partial charge in [-0.1, -0.05) is 18.2 Å². The zero-order chi connectivity index (χ0) is 21.5. The van der Waals surface area contributed by atoms with Gasteiger partial charge in [-0.05, 0) is 58.4 Å². The van der Waals surface area contributed by atoms with Gasteiger partial charge in [-0.3, -0.25) is 14.5 Å². The molecule has 2 saturated heterocycles. The molecule has 4 rings (SSSR count). The summed E-state index contributed by atoms with van der Waals surface area (Å²) in [5.41, 5.74) is 1.62. The van der Waals surface area contributed by atoms with Crippen LogP contribution >= 0.6 is 0 Å². The number of nitrogens with one attached hydrogen (secondary N) is 2. The van der Waals surface area contributed by atoms with E-state index in [1.165, 1.54) is 0 Å². The third kappa shape index (κ3) is 4.38. The Bertz CT molecular complexity index is 928. The Kier molecular flexibility index (Phi) is 5.62. The lowest BCUT2D eigenvalue weighted by atomic mass is 9.90. The largest absolute Gasteiger partial charge is 0.352 e. The van der Waals surface area contributed by atoms with Crippen LogP contribution in [0.4, 0.5) is 0 Å². The van der Waals surface area contributed by atoms with Gasteiger partial charge < -0.3 is 15.2 Å². The number of fused-ring (bicyclic) bond motifs is 3. The van der Waals surface area contributed by atoms with Crippen LogP contribution in [0.15, 0.2) is 30.5 Å². The molecule has 30 heavy (non-hydrogen) atoms. The highest BCUT2D eigenvalue weighted by atomic mass is 16.2. The quantitative estimate of drug-likeness (QED) is 0.796. The molecule has 2 N–H and O–H groups in total. The molecule has 2 bridgehead atoms. The predicted molar refractivity (Wildman–Crippen MR) is 119 cm³/mol. The van der Waals surface area contributed by atoms with Crippen LogP contribution in [-0.2, 0) is 11.8 Å². The second-order valence-corrected chi connectivity index (χ2v) is 10.1. The van der Waals surface area contributed by atoms with Gasteiger partial charge in [0.15, 0.2) is 0 Å². The van der Waals surface area contributed by atoms with Crippen molar-refractivity contribution in [2.24, 2.45) is 13.0 Å². The van der Waals surface area contributed by atoms with E-state index in [-0.39, 0.29) is 17.4 Å². The molecule has 2 unspecified atom stereocenters. The Morgan fingerprint density at radius 3 is 2.43 bits per heavy atom. The van der Waals surface area contributed by atoms with Gasteiger partial charge in [0, 0.05) is 48.3 Å². The van der Waals surface area contributed by atoms with Crippen LogP contribution in [0.25, 0.3) is 10.9 Å². The van der Waals surface area contributed by atoms with Gasteiger partial charge in [-0.2, -0.15) is 0 Å². The molecule has 6 nitrogen and oxygen atoms in total. The molecule has 1 aromatic heterocycles. The van der Waals surface area contributed by atoms with Crippen molar-refractivity contribution >= 4 is 22.7 Å². The number of piperidine rings is 1. The standard InChI is InChI=1S/C24H34N4O2/c1-24(2,3)26-22(29)15-28-17-9-10-18(28)12-16(11-17)13-25-23(30)20-14-27(4)21-8-6-5-7-19(20)21/h5-8,14,16-18H,9-13,15H2,1-4H3,(H,25,30)(H,26,29). The highest BCUT2D eigenvalue weighted by Crippen LogP contribution is 2.38. The fraction of sp³-hybridized carbons (Fsp3) is 0.583. The molecule has 162 valence electrons. The predicted octanol–water partition coefficient (Wildman–Crippen LogP) is 3.07. The summed E-state index contributed by atoms with van der Waals surface area (Å²) in [5.74, 6) is 0.594. The average Bonchev–Trinajstić information content (AvgIpc) is 3.11. The van der Waals surface area contributed by atoms with Crippen LogP contribution in [0.2, 0.25) is 0 Å². The Morgan fingerprint density at radius 2 is 1.77 bits per heavy atom. The van der Waals surface area contributed by atoms with E-state index in [0.717, 1.165) is 42.1 Å². The van der Waals surface area contributed by atoms with E-state index in [1.807, 2.05) is 62.8 Å². The van der Waals surface area contributed by atoms with Crippen LogP contribution in [0, 0.1) is 5.92 Å². The molecule has 6 heteroatoms. The van der Waals surface area contributed by atoms with Crippen molar-refractivity contribution in [1.29, 1.82) is 0 Å². The van der Waals surface area contributed by atoms with E-state index in [4.69, 9.17) is 0 Å². The molecule has 2 atom stereocenters.